The van der Waals surface area contributed by atoms with Crippen LogP contribution in [0.3, 0.4) is 0 Å². The number of aromatic nitrogens is 2. The molecule has 1 aliphatic rings. The second-order valence-corrected chi connectivity index (χ2v) is 9.71. The number of rotatable bonds is 9. The lowest BCUT2D eigenvalue weighted by atomic mass is 9.77. The zero-order valence-corrected chi connectivity index (χ0v) is 21.0. The molecule has 0 spiro atoms. The van der Waals surface area contributed by atoms with Crippen LogP contribution in [0.4, 0.5) is 27.6 Å². The van der Waals surface area contributed by atoms with Gasteiger partial charge in [0.25, 0.3) is 5.91 Å². The Morgan fingerprint density at radius 1 is 1.27 bits per heavy atom. The molecule has 2 heterocycles. The van der Waals surface area contributed by atoms with Crippen molar-refractivity contribution >= 4 is 11.6 Å². The largest absolute Gasteiger partial charge is 0.488 e. The fraction of sp³-hybridized carbons (Fsp3) is 0.583. The minimum Gasteiger partial charge on any atom is -0.488 e. The third-order valence-corrected chi connectivity index (χ3v) is 6.76. The lowest BCUT2D eigenvalue weighted by Gasteiger charge is -2.32. The van der Waals surface area contributed by atoms with Crippen molar-refractivity contribution < 1.29 is 46.1 Å². The van der Waals surface area contributed by atoms with Crippen LogP contribution in [-0.2, 0) is 19.8 Å². The van der Waals surface area contributed by atoms with E-state index in [1.165, 1.54) is 31.1 Å². The summed E-state index contributed by atoms with van der Waals surface area (Å²) in [5.74, 6) is -6.97. The number of nitrogens with one attached hydrogen (secondary N) is 1. The highest BCUT2D eigenvalue weighted by Gasteiger charge is 2.66. The summed E-state index contributed by atoms with van der Waals surface area (Å²) < 4.78 is 88.2. The van der Waals surface area contributed by atoms with E-state index in [2.05, 4.69) is 10.4 Å². The molecule has 4 atom stereocenters. The molecule has 1 amide bonds. The maximum atomic E-state index is 14.8. The summed E-state index contributed by atoms with van der Waals surface area (Å²) in [6, 6.07) is 1.86. The molecule has 206 valence electrons. The van der Waals surface area contributed by atoms with Crippen molar-refractivity contribution in [1.82, 2.24) is 9.78 Å². The van der Waals surface area contributed by atoms with Gasteiger partial charge in [-0.1, -0.05) is 13.0 Å². The van der Waals surface area contributed by atoms with Crippen LogP contribution in [0.2, 0.25) is 0 Å². The van der Waals surface area contributed by atoms with Gasteiger partial charge in [-0.25, -0.2) is 4.39 Å². The van der Waals surface area contributed by atoms with Gasteiger partial charge < -0.3 is 24.6 Å². The summed E-state index contributed by atoms with van der Waals surface area (Å²) in [5.41, 5.74) is -3.59. The van der Waals surface area contributed by atoms with Crippen molar-refractivity contribution in [1.29, 1.82) is 0 Å². The summed E-state index contributed by atoms with van der Waals surface area (Å²) in [7, 11) is 1.36. The molecule has 0 aliphatic carbocycles. The zero-order chi connectivity index (χ0) is 27.8. The molecule has 13 heteroatoms. The number of carbonyl (C=O) groups is 1. The van der Waals surface area contributed by atoms with Crippen LogP contribution in [0.15, 0.2) is 24.5 Å². The highest BCUT2D eigenvalue weighted by Crippen LogP contribution is 2.55. The van der Waals surface area contributed by atoms with Crippen molar-refractivity contribution in [2.75, 3.05) is 32.2 Å². The molecule has 2 aromatic rings. The maximum absolute atomic E-state index is 14.8. The smallest absolute Gasteiger partial charge is 0.417 e. The van der Waals surface area contributed by atoms with Crippen molar-refractivity contribution in [2.24, 2.45) is 5.92 Å². The van der Waals surface area contributed by atoms with Gasteiger partial charge in [0.2, 0.25) is 5.82 Å². The van der Waals surface area contributed by atoms with E-state index in [1.807, 2.05) is 0 Å². The normalized spacial score (nSPS) is 24.4. The highest BCUT2D eigenvalue weighted by molar-refractivity contribution is 5.95. The minimum atomic E-state index is -4.88. The number of carbonyl (C=O) groups excluding carboxylic acids is 1. The second-order valence-electron chi connectivity index (χ2n) is 9.71. The Labute approximate surface area is 210 Å². The summed E-state index contributed by atoms with van der Waals surface area (Å²) in [6.07, 6.45) is -3.96. The topological polar surface area (TPSA) is 94.8 Å². The number of anilines is 1. The zero-order valence-electron chi connectivity index (χ0n) is 21.0. The number of hydrogen-bond acceptors (Lipinski definition) is 6. The van der Waals surface area contributed by atoms with E-state index in [0.717, 1.165) is 19.1 Å². The number of methoxy groups -OCH3 is 1. The van der Waals surface area contributed by atoms with Crippen LogP contribution in [0.1, 0.15) is 39.2 Å². The number of aliphatic hydroxyl groups is 1. The Hall–Kier alpha value is -2.77. The van der Waals surface area contributed by atoms with Gasteiger partial charge in [-0.3, -0.25) is 9.48 Å². The second kappa shape index (κ2) is 10.5. The van der Waals surface area contributed by atoms with Gasteiger partial charge in [0.1, 0.15) is 12.7 Å². The SMILES string of the molecule is COCCOc1c([C@H]2[C@H](C(=O)Nc3cnn(C(C)(C)CO)c3)O[C@@](C)(C(F)(F)F)[C@H]2C)ccc(F)c1F. The molecule has 8 nitrogen and oxygen atoms in total. The summed E-state index contributed by atoms with van der Waals surface area (Å²) in [5, 5.41) is 16.1. The van der Waals surface area contributed by atoms with Crippen LogP contribution in [0.5, 0.6) is 5.75 Å². The predicted octanol–water partition coefficient (Wildman–Crippen LogP) is 3.99. The van der Waals surface area contributed by atoms with E-state index in [-0.39, 0.29) is 31.1 Å². The lowest BCUT2D eigenvalue weighted by Crippen LogP contribution is -2.47. The number of hydrogen-bond donors (Lipinski definition) is 2. The van der Waals surface area contributed by atoms with Gasteiger partial charge >= 0.3 is 6.18 Å². The molecule has 3 rings (SSSR count). The third-order valence-electron chi connectivity index (χ3n) is 6.76. The van der Waals surface area contributed by atoms with Crippen LogP contribution in [-0.4, -0.2) is 65.6 Å². The number of alkyl halides is 3. The van der Waals surface area contributed by atoms with E-state index >= 15 is 0 Å². The first kappa shape index (κ1) is 28.8. The van der Waals surface area contributed by atoms with Crippen LogP contribution >= 0.6 is 0 Å². The number of nitrogens with zero attached hydrogens (tertiary/aromatic N) is 2. The molecule has 0 bridgehead atoms. The van der Waals surface area contributed by atoms with Gasteiger partial charge in [0.05, 0.1) is 30.6 Å². The molecule has 0 radical (unpaired) electrons. The molecular formula is C24H30F5N3O5. The van der Waals surface area contributed by atoms with Crippen LogP contribution < -0.4 is 10.1 Å². The van der Waals surface area contributed by atoms with Crippen molar-refractivity contribution in [3.63, 3.8) is 0 Å². The third kappa shape index (κ3) is 5.43. The van der Waals surface area contributed by atoms with E-state index < -0.39 is 58.5 Å². The number of benzene rings is 1. The van der Waals surface area contributed by atoms with E-state index in [1.54, 1.807) is 13.8 Å². The molecule has 0 unspecified atom stereocenters. The van der Waals surface area contributed by atoms with Gasteiger partial charge in [-0.2, -0.15) is 22.7 Å². The fourth-order valence-electron chi connectivity index (χ4n) is 4.21. The average molecular weight is 536 g/mol. The predicted molar refractivity (Wildman–Crippen MR) is 122 cm³/mol. The van der Waals surface area contributed by atoms with Crippen molar-refractivity contribution in [3.8, 4) is 5.75 Å². The Morgan fingerprint density at radius 2 is 1.95 bits per heavy atom. The van der Waals surface area contributed by atoms with Crippen LogP contribution in [0.25, 0.3) is 0 Å². The monoisotopic (exact) mass is 535 g/mol. The first-order valence-corrected chi connectivity index (χ1v) is 11.5. The molecule has 1 saturated heterocycles. The fourth-order valence-corrected chi connectivity index (χ4v) is 4.21. The van der Waals surface area contributed by atoms with Gasteiger partial charge in [-0.05, 0) is 26.8 Å². The van der Waals surface area contributed by atoms with Gasteiger partial charge in [-0.15, -0.1) is 0 Å². The minimum absolute atomic E-state index is 0.00444. The number of aliphatic hydroxyl groups excluding tert-OH is 1. The van der Waals surface area contributed by atoms with E-state index in [4.69, 9.17) is 14.2 Å². The average Bonchev–Trinajstić information content (AvgIpc) is 3.40. The van der Waals surface area contributed by atoms with Gasteiger partial charge in [0, 0.05) is 30.7 Å². The highest BCUT2D eigenvalue weighted by atomic mass is 19.4. The molecule has 1 aromatic heterocycles. The molecule has 2 N–H and O–H groups in total. The summed E-state index contributed by atoms with van der Waals surface area (Å²) in [6.45, 7) is 4.94. The number of halogens is 5. The molecule has 1 aliphatic heterocycles. The van der Waals surface area contributed by atoms with Gasteiger partial charge in [0.15, 0.2) is 17.2 Å². The molecule has 37 heavy (non-hydrogen) atoms. The molecule has 1 fully saturated rings. The lowest BCUT2D eigenvalue weighted by molar-refractivity contribution is -0.272. The van der Waals surface area contributed by atoms with Crippen LogP contribution in [0, 0.1) is 17.6 Å². The summed E-state index contributed by atoms with van der Waals surface area (Å²) >= 11 is 0. The van der Waals surface area contributed by atoms with E-state index in [9.17, 15) is 31.9 Å². The number of amides is 1. The standard InChI is InChI=1S/C24H30F5N3O5/c1-13-17(15-6-7-16(25)18(26)19(15)36-9-8-35-5)20(37-23(13,4)24(27,28)29)21(34)31-14-10-30-32(11-14)22(2,3)12-33/h6-7,10-11,13,17,20,33H,8-9,12H2,1-5H3,(H,31,34)/t13-,17-,20+,23+/m0/s1. The van der Waals surface area contributed by atoms with Crippen molar-refractivity contribution in [2.45, 2.75) is 57.0 Å². The Bertz CT molecular complexity index is 1120. The maximum Gasteiger partial charge on any atom is 0.417 e. The quantitative estimate of drug-likeness (QED) is 0.373. The number of ether oxygens (including phenoxy) is 3. The molecule has 1 aromatic carbocycles. The Morgan fingerprint density at radius 3 is 2.54 bits per heavy atom. The Balaban J connectivity index is 2.04. The molecular weight excluding hydrogens is 505 g/mol. The summed E-state index contributed by atoms with van der Waals surface area (Å²) in [4.78, 5) is 13.3. The molecule has 0 saturated carbocycles. The first-order valence-electron chi connectivity index (χ1n) is 11.5. The Kier molecular flexibility index (Phi) is 8.20. The van der Waals surface area contributed by atoms with E-state index in [0.29, 0.717) is 0 Å². The van der Waals surface area contributed by atoms with Crippen molar-refractivity contribution in [3.05, 3.63) is 41.7 Å². The first-order chi connectivity index (χ1) is 17.2.